The SMILES string of the molecule is CCCCCCCCOP(C)(=O)OCCCC. The lowest BCUT2D eigenvalue weighted by Crippen LogP contribution is -1.98. The van der Waals surface area contributed by atoms with E-state index >= 15 is 0 Å². The van der Waals surface area contributed by atoms with Gasteiger partial charge in [-0.1, -0.05) is 52.4 Å². The van der Waals surface area contributed by atoms with Crippen LogP contribution in [-0.2, 0) is 13.6 Å². The molecule has 1 atom stereocenters. The summed E-state index contributed by atoms with van der Waals surface area (Å²) < 4.78 is 22.3. The van der Waals surface area contributed by atoms with E-state index in [2.05, 4.69) is 13.8 Å². The van der Waals surface area contributed by atoms with Gasteiger partial charge >= 0.3 is 7.60 Å². The summed E-state index contributed by atoms with van der Waals surface area (Å²) in [6, 6.07) is 0. The van der Waals surface area contributed by atoms with Gasteiger partial charge in [-0.2, -0.15) is 0 Å². The van der Waals surface area contributed by atoms with Crippen LogP contribution in [0.3, 0.4) is 0 Å². The molecule has 0 aliphatic rings. The average Bonchev–Trinajstić information content (AvgIpc) is 2.28. The van der Waals surface area contributed by atoms with Gasteiger partial charge < -0.3 is 9.05 Å². The minimum absolute atomic E-state index is 0.542. The summed E-state index contributed by atoms with van der Waals surface area (Å²) >= 11 is 0. The topological polar surface area (TPSA) is 35.5 Å². The highest BCUT2D eigenvalue weighted by Crippen LogP contribution is 2.44. The van der Waals surface area contributed by atoms with Crippen molar-refractivity contribution in [1.29, 1.82) is 0 Å². The lowest BCUT2D eigenvalue weighted by Gasteiger charge is -2.13. The van der Waals surface area contributed by atoms with E-state index in [4.69, 9.17) is 9.05 Å². The van der Waals surface area contributed by atoms with Gasteiger partial charge in [0.2, 0.25) is 0 Å². The van der Waals surface area contributed by atoms with Gasteiger partial charge in [0.1, 0.15) is 0 Å². The Hall–Kier alpha value is 0.150. The highest BCUT2D eigenvalue weighted by atomic mass is 31.2. The smallest absolute Gasteiger partial charge is 0.309 e. The molecule has 0 spiro atoms. The van der Waals surface area contributed by atoms with Crippen LogP contribution in [0.25, 0.3) is 0 Å². The van der Waals surface area contributed by atoms with Crippen LogP contribution in [-0.4, -0.2) is 19.9 Å². The van der Waals surface area contributed by atoms with Crippen LogP contribution in [0.15, 0.2) is 0 Å². The Bertz CT molecular complexity index is 207. The van der Waals surface area contributed by atoms with E-state index in [-0.39, 0.29) is 0 Å². The van der Waals surface area contributed by atoms with Gasteiger partial charge in [-0.3, -0.25) is 4.57 Å². The van der Waals surface area contributed by atoms with Gasteiger partial charge in [-0.25, -0.2) is 0 Å². The predicted octanol–water partition coefficient (Wildman–Crippen LogP) is 5.00. The van der Waals surface area contributed by atoms with Crippen molar-refractivity contribution in [2.24, 2.45) is 0 Å². The summed E-state index contributed by atoms with van der Waals surface area (Å²) in [5.74, 6) is 0. The van der Waals surface area contributed by atoms with Gasteiger partial charge in [-0.05, 0) is 12.8 Å². The molecule has 0 N–H and O–H groups in total. The maximum Gasteiger partial charge on any atom is 0.327 e. The van der Waals surface area contributed by atoms with Crippen LogP contribution in [0, 0.1) is 0 Å². The maximum atomic E-state index is 11.8. The molecule has 0 saturated carbocycles. The lowest BCUT2D eigenvalue weighted by molar-refractivity contribution is 0.203. The third kappa shape index (κ3) is 12.4. The second-order valence-corrected chi connectivity index (χ2v) is 6.62. The zero-order valence-corrected chi connectivity index (χ0v) is 12.6. The third-order valence-corrected chi connectivity index (χ3v) is 3.95. The number of unbranched alkanes of at least 4 members (excludes halogenated alkanes) is 6. The van der Waals surface area contributed by atoms with E-state index in [1.54, 1.807) is 6.66 Å². The number of hydrogen-bond donors (Lipinski definition) is 0. The van der Waals surface area contributed by atoms with Gasteiger partial charge in [0, 0.05) is 6.66 Å². The fourth-order valence-electron chi connectivity index (χ4n) is 1.52. The van der Waals surface area contributed by atoms with E-state index in [0.29, 0.717) is 13.2 Å². The molecule has 0 aliphatic carbocycles. The van der Waals surface area contributed by atoms with Gasteiger partial charge in [-0.15, -0.1) is 0 Å². The predicted molar refractivity (Wildman–Crippen MR) is 73.7 cm³/mol. The molecule has 0 radical (unpaired) electrons. The molecule has 0 amide bonds. The highest BCUT2D eigenvalue weighted by molar-refractivity contribution is 7.52. The normalized spacial score (nSPS) is 14.8. The molecule has 0 heterocycles. The third-order valence-electron chi connectivity index (χ3n) is 2.65. The van der Waals surface area contributed by atoms with Crippen molar-refractivity contribution < 1.29 is 13.6 Å². The summed E-state index contributed by atoms with van der Waals surface area (Å²) in [5, 5.41) is 0. The van der Waals surface area contributed by atoms with Gasteiger partial charge in [0.05, 0.1) is 13.2 Å². The van der Waals surface area contributed by atoms with Crippen molar-refractivity contribution in [3.63, 3.8) is 0 Å². The zero-order chi connectivity index (χ0) is 13.0. The lowest BCUT2D eigenvalue weighted by atomic mass is 10.1. The van der Waals surface area contributed by atoms with Gasteiger partial charge in [0.15, 0.2) is 0 Å². The molecule has 0 saturated heterocycles. The molecular weight excluding hydrogens is 235 g/mol. The van der Waals surface area contributed by atoms with Crippen molar-refractivity contribution >= 4 is 7.60 Å². The quantitative estimate of drug-likeness (QED) is 0.367. The van der Waals surface area contributed by atoms with Gasteiger partial charge in [0.25, 0.3) is 0 Å². The van der Waals surface area contributed by atoms with E-state index in [9.17, 15) is 4.57 Å². The van der Waals surface area contributed by atoms with Crippen LogP contribution in [0.5, 0.6) is 0 Å². The standard InChI is InChI=1S/C13H29O3P/c1-4-6-8-9-10-11-13-16-17(3,14)15-12-7-5-2/h4-13H2,1-3H3. The molecule has 17 heavy (non-hydrogen) atoms. The fraction of sp³-hybridized carbons (Fsp3) is 1.00. The summed E-state index contributed by atoms with van der Waals surface area (Å²) in [7, 11) is -2.78. The molecular formula is C13H29O3P. The molecule has 0 aromatic heterocycles. The first-order valence-electron chi connectivity index (χ1n) is 6.99. The monoisotopic (exact) mass is 264 g/mol. The maximum absolute atomic E-state index is 11.8. The Morgan fingerprint density at radius 2 is 1.24 bits per heavy atom. The minimum atomic E-state index is -2.78. The first kappa shape index (κ1) is 17.2. The zero-order valence-electron chi connectivity index (χ0n) is 11.7. The molecule has 3 nitrogen and oxygen atoms in total. The Kier molecular flexibility index (Phi) is 11.4. The van der Waals surface area contributed by atoms with Crippen LogP contribution < -0.4 is 0 Å². The molecule has 4 heteroatoms. The van der Waals surface area contributed by atoms with Crippen LogP contribution in [0.4, 0.5) is 0 Å². The molecule has 0 aliphatic heterocycles. The van der Waals surface area contributed by atoms with Crippen molar-refractivity contribution in [3.05, 3.63) is 0 Å². The Labute approximate surface area is 107 Å². The average molecular weight is 264 g/mol. The molecule has 0 fully saturated rings. The summed E-state index contributed by atoms with van der Waals surface area (Å²) in [6.07, 6.45) is 9.28. The second kappa shape index (κ2) is 11.3. The van der Waals surface area contributed by atoms with Crippen molar-refractivity contribution in [2.75, 3.05) is 19.9 Å². The van der Waals surface area contributed by atoms with Crippen LogP contribution >= 0.6 is 7.60 Å². The molecule has 0 bridgehead atoms. The van der Waals surface area contributed by atoms with E-state index in [0.717, 1.165) is 25.7 Å². The van der Waals surface area contributed by atoms with Crippen LogP contribution in [0.1, 0.15) is 65.2 Å². The molecule has 1 unspecified atom stereocenters. The van der Waals surface area contributed by atoms with Crippen LogP contribution in [0.2, 0.25) is 0 Å². The largest absolute Gasteiger partial charge is 0.327 e. The highest BCUT2D eigenvalue weighted by Gasteiger charge is 2.15. The summed E-state index contributed by atoms with van der Waals surface area (Å²) in [6.45, 7) is 6.97. The molecule has 104 valence electrons. The first-order chi connectivity index (χ1) is 8.12. The number of hydrogen-bond acceptors (Lipinski definition) is 3. The molecule has 0 aromatic rings. The molecule has 0 rings (SSSR count). The second-order valence-electron chi connectivity index (χ2n) is 4.56. The van der Waals surface area contributed by atoms with E-state index in [1.807, 2.05) is 0 Å². The Balaban J connectivity index is 3.36. The van der Waals surface area contributed by atoms with Crippen molar-refractivity contribution in [2.45, 2.75) is 65.2 Å². The number of rotatable bonds is 12. The Morgan fingerprint density at radius 3 is 1.82 bits per heavy atom. The molecule has 0 aromatic carbocycles. The van der Waals surface area contributed by atoms with Crippen molar-refractivity contribution in [1.82, 2.24) is 0 Å². The fourth-order valence-corrected chi connectivity index (χ4v) is 2.52. The first-order valence-corrected chi connectivity index (χ1v) is 8.98. The summed E-state index contributed by atoms with van der Waals surface area (Å²) in [5.41, 5.74) is 0. The minimum Gasteiger partial charge on any atom is -0.309 e. The van der Waals surface area contributed by atoms with Crippen molar-refractivity contribution in [3.8, 4) is 0 Å². The van der Waals surface area contributed by atoms with E-state index in [1.165, 1.54) is 25.7 Å². The summed E-state index contributed by atoms with van der Waals surface area (Å²) in [4.78, 5) is 0. The van der Waals surface area contributed by atoms with E-state index < -0.39 is 7.60 Å². The Morgan fingerprint density at radius 1 is 0.765 bits per heavy atom.